The van der Waals surface area contributed by atoms with E-state index in [0.29, 0.717) is 18.2 Å². The molecule has 3 rings (SSSR count). The minimum absolute atomic E-state index is 0.210. The Bertz CT molecular complexity index is 700. The summed E-state index contributed by atoms with van der Waals surface area (Å²) in [6, 6.07) is 11.1. The first-order valence-electron chi connectivity index (χ1n) is 7.85. The Morgan fingerprint density at radius 1 is 1.30 bits per heavy atom. The highest BCUT2D eigenvalue weighted by Crippen LogP contribution is 2.32. The number of rotatable bonds is 4. The van der Waals surface area contributed by atoms with Crippen molar-refractivity contribution < 1.29 is 14.3 Å². The lowest BCUT2D eigenvalue weighted by Gasteiger charge is -2.36. The van der Waals surface area contributed by atoms with Gasteiger partial charge < -0.3 is 5.11 Å². The lowest BCUT2D eigenvalue weighted by Crippen LogP contribution is -2.43. The second-order valence-corrected chi connectivity index (χ2v) is 7.31. The number of benzene rings is 1. The molecule has 2 aromatic rings. The summed E-state index contributed by atoms with van der Waals surface area (Å²) in [4.78, 5) is 15.5. The molecule has 0 radical (unpaired) electrons. The molecule has 0 amide bonds. The first-order chi connectivity index (χ1) is 11.0. The maximum atomic E-state index is 13.9. The summed E-state index contributed by atoms with van der Waals surface area (Å²) >= 11 is 1.58. The Kier molecular flexibility index (Phi) is 4.78. The first-order valence-corrected chi connectivity index (χ1v) is 8.66. The number of carbonyl (C=O) groups is 1. The largest absolute Gasteiger partial charge is 0.481 e. The van der Waals surface area contributed by atoms with Crippen molar-refractivity contribution >= 4 is 17.3 Å². The normalized spacial score (nSPS) is 22.2. The molecule has 1 aliphatic heterocycles. The highest BCUT2D eigenvalue weighted by Gasteiger charge is 2.29. The van der Waals surface area contributed by atoms with Gasteiger partial charge in [-0.2, -0.15) is 0 Å². The molecule has 122 valence electrons. The van der Waals surface area contributed by atoms with Crippen molar-refractivity contribution in [1.82, 2.24) is 4.90 Å². The zero-order valence-electron chi connectivity index (χ0n) is 13.0. The molecule has 2 heterocycles. The lowest BCUT2D eigenvalue weighted by molar-refractivity contribution is -0.144. The molecule has 1 aromatic carbocycles. The van der Waals surface area contributed by atoms with E-state index in [2.05, 4.69) is 11.8 Å². The van der Waals surface area contributed by atoms with Crippen LogP contribution in [0.3, 0.4) is 0 Å². The van der Waals surface area contributed by atoms with Crippen LogP contribution < -0.4 is 0 Å². The van der Waals surface area contributed by atoms with E-state index in [-0.39, 0.29) is 11.7 Å². The fourth-order valence-electron chi connectivity index (χ4n) is 3.07. The minimum Gasteiger partial charge on any atom is -0.481 e. The summed E-state index contributed by atoms with van der Waals surface area (Å²) in [5, 5.41) is 9.23. The second kappa shape index (κ2) is 6.81. The van der Waals surface area contributed by atoms with Crippen molar-refractivity contribution in [2.45, 2.75) is 32.4 Å². The summed E-state index contributed by atoms with van der Waals surface area (Å²) in [5.74, 6) is -1.20. The molecule has 1 aromatic heterocycles. The van der Waals surface area contributed by atoms with Crippen molar-refractivity contribution in [2.75, 3.05) is 6.54 Å². The number of halogens is 1. The molecule has 5 heteroatoms. The van der Waals surface area contributed by atoms with Gasteiger partial charge in [-0.3, -0.25) is 9.69 Å². The fourth-order valence-corrected chi connectivity index (χ4v) is 4.13. The number of carboxylic acid groups (broad SMARTS) is 1. The molecule has 2 atom stereocenters. The highest BCUT2D eigenvalue weighted by molar-refractivity contribution is 7.15. The van der Waals surface area contributed by atoms with Crippen molar-refractivity contribution in [3.05, 3.63) is 47.1 Å². The third-order valence-corrected chi connectivity index (χ3v) is 5.62. The molecule has 3 nitrogen and oxygen atoms in total. The Hall–Kier alpha value is -1.72. The van der Waals surface area contributed by atoms with Crippen LogP contribution in [0.4, 0.5) is 4.39 Å². The Labute approximate surface area is 139 Å². The molecular formula is C18H20FNO2S. The average molecular weight is 333 g/mol. The Morgan fingerprint density at radius 2 is 2.09 bits per heavy atom. The maximum Gasteiger partial charge on any atom is 0.307 e. The van der Waals surface area contributed by atoms with Crippen LogP contribution in [-0.4, -0.2) is 28.6 Å². The van der Waals surface area contributed by atoms with Crippen LogP contribution in [0, 0.1) is 11.7 Å². The van der Waals surface area contributed by atoms with Crippen LogP contribution >= 0.6 is 11.3 Å². The monoisotopic (exact) mass is 333 g/mol. The zero-order chi connectivity index (χ0) is 16.4. The van der Waals surface area contributed by atoms with Gasteiger partial charge in [-0.1, -0.05) is 18.2 Å². The van der Waals surface area contributed by atoms with Gasteiger partial charge in [-0.25, -0.2) is 4.39 Å². The SMILES string of the molecule is CC1CCC(C(=O)O)CN1Cc1ccc(-c2ccccc2F)s1. The molecule has 1 N–H and O–H groups in total. The van der Waals surface area contributed by atoms with Gasteiger partial charge in [-0.05, 0) is 38.0 Å². The topological polar surface area (TPSA) is 40.5 Å². The molecule has 0 bridgehead atoms. The van der Waals surface area contributed by atoms with E-state index < -0.39 is 5.97 Å². The molecule has 1 fully saturated rings. The lowest BCUT2D eigenvalue weighted by atomic mass is 9.93. The number of likely N-dealkylation sites (tertiary alicyclic amines) is 1. The predicted octanol–water partition coefficient (Wildman–Crippen LogP) is 4.24. The summed E-state index contributed by atoms with van der Waals surface area (Å²) < 4.78 is 13.9. The van der Waals surface area contributed by atoms with Gasteiger partial charge in [0.15, 0.2) is 0 Å². The van der Waals surface area contributed by atoms with Gasteiger partial charge in [0.05, 0.1) is 5.92 Å². The quantitative estimate of drug-likeness (QED) is 0.910. The number of hydrogen-bond acceptors (Lipinski definition) is 3. The standard InChI is InChI=1S/C18H20FNO2S/c1-12-6-7-13(18(21)22)10-20(12)11-14-8-9-17(23-14)15-4-2-3-5-16(15)19/h2-5,8-9,12-13H,6-7,10-11H2,1H3,(H,21,22). The van der Waals surface area contributed by atoms with Crippen molar-refractivity contribution in [1.29, 1.82) is 0 Å². The second-order valence-electron chi connectivity index (χ2n) is 6.14. The number of thiophene rings is 1. The van der Waals surface area contributed by atoms with Crippen LogP contribution in [0.2, 0.25) is 0 Å². The molecule has 23 heavy (non-hydrogen) atoms. The molecule has 1 saturated heterocycles. The third-order valence-electron chi connectivity index (χ3n) is 4.52. The van der Waals surface area contributed by atoms with Gasteiger partial charge in [0.1, 0.15) is 5.82 Å². The fraction of sp³-hybridized carbons (Fsp3) is 0.389. The molecule has 1 aliphatic rings. The average Bonchev–Trinajstić information content (AvgIpc) is 2.98. The zero-order valence-corrected chi connectivity index (χ0v) is 13.9. The van der Waals surface area contributed by atoms with E-state index in [1.54, 1.807) is 23.5 Å². The highest BCUT2D eigenvalue weighted by atomic mass is 32.1. The number of nitrogens with zero attached hydrogens (tertiary/aromatic N) is 1. The molecule has 0 aliphatic carbocycles. The van der Waals surface area contributed by atoms with Gasteiger partial charge in [0, 0.05) is 34.4 Å². The van der Waals surface area contributed by atoms with Crippen LogP contribution in [0.5, 0.6) is 0 Å². The van der Waals surface area contributed by atoms with Crippen molar-refractivity contribution in [3.63, 3.8) is 0 Å². The van der Waals surface area contributed by atoms with E-state index in [0.717, 1.165) is 29.1 Å². The van der Waals surface area contributed by atoms with Crippen LogP contribution in [0.1, 0.15) is 24.6 Å². The number of hydrogen-bond donors (Lipinski definition) is 1. The van der Waals surface area contributed by atoms with Crippen LogP contribution in [0.15, 0.2) is 36.4 Å². The Balaban J connectivity index is 1.73. The van der Waals surface area contributed by atoms with E-state index in [1.807, 2.05) is 18.2 Å². The van der Waals surface area contributed by atoms with Gasteiger partial charge >= 0.3 is 5.97 Å². The van der Waals surface area contributed by atoms with Gasteiger partial charge in [-0.15, -0.1) is 11.3 Å². The molecule has 0 saturated carbocycles. The van der Waals surface area contributed by atoms with Crippen LogP contribution in [-0.2, 0) is 11.3 Å². The van der Waals surface area contributed by atoms with E-state index in [9.17, 15) is 14.3 Å². The predicted molar refractivity (Wildman–Crippen MR) is 89.9 cm³/mol. The Morgan fingerprint density at radius 3 is 2.83 bits per heavy atom. The van der Waals surface area contributed by atoms with E-state index in [4.69, 9.17) is 0 Å². The maximum absolute atomic E-state index is 13.9. The van der Waals surface area contributed by atoms with Crippen molar-refractivity contribution in [2.24, 2.45) is 5.92 Å². The summed E-state index contributed by atoms with van der Waals surface area (Å²) in [5.41, 5.74) is 0.624. The number of aliphatic carboxylic acids is 1. The number of piperidine rings is 1. The summed E-state index contributed by atoms with van der Waals surface area (Å²) in [7, 11) is 0. The third kappa shape index (κ3) is 3.62. The molecular weight excluding hydrogens is 313 g/mol. The number of carboxylic acids is 1. The van der Waals surface area contributed by atoms with Crippen molar-refractivity contribution in [3.8, 4) is 10.4 Å². The minimum atomic E-state index is -0.708. The van der Waals surface area contributed by atoms with E-state index in [1.165, 1.54) is 6.07 Å². The molecule has 2 unspecified atom stereocenters. The van der Waals surface area contributed by atoms with Gasteiger partial charge in [0.2, 0.25) is 0 Å². The summed E-state index contributed by atoms with van der Waals surface area (Å²) in [6.07, 6.45) is 1.65. The summed E-state index contributed by atoms with van der Waals surface area (Å²) in [6.45, 7) is 3.46. The first kappa shape index (κ1) is 16.1. The smallest absolute Gasteiger partial charge is 0.307 e. The van der Waals surface area contributed by atoms with E-state index >= 15 is 0 Å². The molecule has 0 spiro atoms. The van der Waals surface area contributed by atoms with Gasteiger partial charge in [0.25, 0.3) is 0 Å². The van der Waals surface area contributed by atoms with Crippen LogP contribution in [0.25, 0.3) is 10.4 Å².